The number of hydrogen-bond acceptors (Lipinski definition) is 3. The number of ether oxygens (including phenoxy) is 1. The van der Waals surface area contributed by atoms with Crippen LogP contribution < -0.4 is 10.1 Å². The molecule has 110 valence electrons. The van der Waals surface area contributed by atoms with Crippen LogP contribution in [0.5, 0.6) is 5.75 Å². The molecule has 0 bridgehead atoms. The Morgan fingerprint density at radius 1 is 1.30 bits per heavy atom. The molecule has 2 aliphatic heterocycles. The molecule has 0 radical (unpaired) electrons. The quantitative estimate of drug-likeness (QED) is 0.868. The Morgan fingerprint density at radius 2 is 2.10 bits per heavy atom. The van der Waals surface area contributed by atoms with Crippen molar-refractivity contribution in [3.05, 3.63) is 29.3 Å². The van der Waals surface area contributed by atoms with Crippen LogP contribution in [0.25, 0.3) is 0 Å². The molecule has 3 nitrogen and oxygen atoms in total. The summed E-state index contributed by atoms with van der Waals surface area (Å²) in [5.41, 5.74) is 2.05. The number of carbonyl (C=O) groups is 1. The van der Waals surface area contributed by atoms with E-state index >= 15 is 0 Å². The smallest absolute Gasteiger partial charge is 0.162 e. The third-order valence-electron chi connectivity index (χ3n) is 4.25. The summed E-state index contributed by atoms with van der Waals surface area (Å²) in [6, 6.07) is 5.88. The number of fused-ring (bicyclic) bond motifs is 1. The van der Waals surface area contributed by atoms with Crippen molar-refractivity contribution in [3.63, 3.8) is 0 Å². The number of nitrogens with one attached hydrogen (secondary N) is 1. The molecule has 0 spiro atoms. The van der Waals surface area contributed by atoms with Crippen molar-refractivity contribution in [1.29, 1.82) is 0 Å². The Bertz CT molecular complexity index is 470. The van der Waals surface area contributed by atoms with E-state index in [1.807, 2.05) is 18.2 Å². The molecule has 0 atom stereocenters. The fraction of sp³-hybridized carbons (Fsp3) is 0.562. The second-order valence-electron chi connectivity index (χ2n) is 5.58. The van der Waals surface area contributed by atoms with E-state index in [0.717, 1.165) is 49.8 Å². The molecular formula is C16H22ClNO2. The van der Waals surface area contributed by atoms with Crippen molar-refractivity contribution < 1.29 is 9.53 Å². The maximum Gasteiger partial charge on any atom is 0.162 e. The summed E-state index contributed by atoms with van der Waals surface area (Å²) < 4.78 is 5.47. The lowest BCUT2D eigenvalue weighted by Gasteiger charge is -2.22. The average molecular weight is 296 g/mol. The number of rotatable bonds is 4. The molecule has 1 aromatic rings. The Kier molecular flexibility index (Phi) is 5.44. The number of benzene rings is 1. The fourth-order valence-electron chi connectivity index (χ4n) is 3.01. The fourth-order valence-corrected chi connectivity index (χ4v) is 3.01. The Hall–Kier alpha value is -1.06. The summed E-state index contributed by atoms with van der Waals surface area (Å²) in [6.07, 6.45) is 5.08. The minimum Gasteiger partial charge on any atom is -0.493 e. The second kappa shape index (κ2) is 7.09. The summed E-state index contributed by atoms with van der Waals surface area (Å²) in [5.74, 6) is 1.96. The summed E-state index contributed by atoms with van der Waals surface area (Å²) >= 11 is 0. The summed E-state index contributed by atoms with van der Waals surface area (Å²) in [5, 5.41) is 3.36. The lowest BCUT2D eigenvalue weighted by molar-refractivity contribution is 0.0970. The molecule has 0 aromatic heterocycles. The largest absolute Gasteiger partial charge is 0.493 e. The van der Waals surface area contributed by atoms with Gasteiger partial charge in [-0.2, -0.15) is 0 Å². The van der Waals surface area contributed by atoms with E-state index in [1.54, 1.807) is 0 Å². The first-order valence-electron chi connectivity index (χ1n) is 7.32. The van der Waals surface area contributed by atoms with Gasteiger partial charge in [-0.05, 0) is 62.0 Å². The molecule has 0 amide bonds. The molecular weight excluding hydrogens is 274 g/mol. The lowest BCUT2D eigenvalue weighted by atomic mass is 9.91. The van der Waals surface area contributed by atoms with Crippen LogP contribution in [-0.2, 0) is 6.42 Å². The van der Waals surface area contributed by atoms with Gasteiger partial charge in [-0.1, -0.05) is 0 Å². The van der Waals surface area contributed by atoms with Crippen molar-refractivity contribution in [3.8, 4) is 5.75 Å². The maximum atomic E-state index is 12.2. The molecule has 0 unspecified atom stereocenters. The van der Waals surface area contributed by atoms with Gasteiger partial charge in [-0.25, -0.2) is 0 Å². The van der Waals surface area contributed by atoms with E-state index in [-0.39, 0.29) is 18.2 Å². The highest BCUT2D eigenvalue weighted by atomic mass is 35.5. The van der Waals surface area contributed by atoms with Gasteiger partial charge in [-0.3, -0.25) is 4.79 Å². The van der Waals surface area contributed by atoms with E-state index in [1.165, 1.54) is 18.4 Å². The molecule has 0 saturated carbocycles. The maximum absolute atomic E-state index is 12.2. The van der Waals surface area contributed by atoms with Crippen LogP contribution >= 0.6 is 12.4 Å². The van der Waals surface area contributed by atoms with Gasteiger partial charge in [0.05, 0.1) is 6.61 Å². The molecule has 0 aliphatic carbocycles. The summed E-state index contributed by atoms with van der Waals surface area (Å²) in [7, 11) is 0. The van der Waals surface area contributed by atoms with Gasteiger partial charge in [0, 0.05) is 18.4 Å². The Morgan fingerprint density at radius 3 is 2.90 bits per heavy atom. The molecule has 3 rings (SSSR count). The van der Waals surface area contributed by atoms with Crippen LogP contribution in [-0.4, -0.2) is 25.5 Å². The van der Waals surface area contributed by atoms with Gasteiger partial charge in [-0.15, -0.1) is 12.4 Å². The van der Waals surface area contributed by atoms with Gasteiger partial charge in [0.2, 0.25) is 0 Å². The number of piperidine rings is 1. The summed E-state index contributed by atoms with van der Waals surface area (Å²) in [4.78, 5) is 12.2. The monoisotopic (exact) mass is 295 g/mol. The predicted octanol–water partition coefficient (Wildman–Crippen LogP) is 3.01. The van der Waals surface area contributed by atoms with E-state index in [4.69, 9.17) is 4.74 Å². The zero-order valence-corrected chi connectivity index (χ0v) is 12.5. The first-order valence-corrected chi connectivity index (χ1v) is 7.32. The van der Waals surface area contributed by atoms with Crippen molar-refractivity contribution >= 4 is 18.2 Å². The van der Waals surface area contributed by atoms with Crippen LogP contribution in [0.4, 0.5) is 0 Å². The van der Waals surface area contributed by atoms with Gasteiger partial charge in [0.15, 0.2) is 5.78 Å². The SMILES string of the molecule is Cl.O=C(CCC1CCNCC1)c1ccc2c(c1)CCO2. The normalized spacial score (nSPS) is 18.0. The molecule has 1 saturated heterocycles. The highest BCUT2D eigenvalue weighted by molar-refractivity contribution is 5.96. The first kappa shape index (κ1) is 15.3. The van der Waals surface area contributed by atoms with Crippen LogP contribution in [0.3, 0.4) is 0 Å². The van der Waals surface area contributed by atoms with Crippen LogP contribution in [0.15, 0.2) is 18.2 Å². The standard InChI is InChI=1S/C16H21NO2.ClH/c18-15(3-1-12-5-8-17-9-6-12)13-2-4-16-14(11-13)7-10-19-16;/h2,4,11-12,17H,1,3,5-10H2;1H. The Labute approximate surface area is 126 Å². The number of halogens is 1. The molecule has 4 heteroatoms. The topological polar surface area (TPSA) is 38.3 Å². The van der Waals surface area contributed by atoms with Crippen molar-refractivity contribution in [2.24, 2.45) is 5.92 Å². The highest BCUT2D eigenvalue weighted by Crippen LogP contribution is 2.27. The third kappa shape index (κ3) is 3.53. The van der Waals surface area contributed by atoms with Crippen LogP contribution in [0, 0.1) is 5.92 Å². The minimum atomic E-state index is 0. The molecule has 2 heterocycles. The number of carbonyl (C=O) groups excluding carboxylic acids is 1. The first-order chi connectivity index (χ1) is 9.33. The van der Waals surface area contributed by atoms with Crippen molar-refractivity contribution in [2.45, 2.75) is 32.1 Å². The highest BCUT2D eigenvalue weighted by Gasteiger charge is 2.17. The zero-order chi connectivity index (χ0) is 13.1. The molecule has 1 aromatic carbocycles. The van der Waals surface area contributed by atoms with Gasteiger partial charge in [0.25, 0.3) is 0 Å². The van der Waals surface area contributed by atoms with Gasteiger partial charge in [0.1, 0.15) is 5.75 Å². The number of Topliss-reactive ketones (excluding diaryl/α,β-unsaturated/α-hetero) is 1. The molecule has 1 fully saturated rings. The van der Waals surface area contributed by atoms with E-state index in [0.29, 0.717) is 6.42 Å². The second-order valence-corrected chi connectivity index (χ2v) is 5.58. The Balaban J connectivity index is 0.00000147. The predicted molar refractivity (Wildman–Crippen MR) is 82.0 cm³/mol. The van der Waals surface area contributed by atoms with Crippen molar-refractivity contribution in [2.75, 3.05) is 19.7 Å². The summed E-state index contributed by atoms with van der Waals surface area (Å²) in [6.45, 7) is 2.96. The molecule has 2 aliphatic rings. The van der Waals surface area contributed by atoms with Crippen molar-refractivity contribution in [1.82, 2.24) is 5.32 Å². The molecule has 20 heavy (non-hydrogen) atoms. The van der Waals surface area contributed by atoms with Crippen LogP contribution in [0.2, 0.25) is 0 Å². The van der Waals surface area contributed by atoms with E-state index < -0.39 is 0 Å². The number of hydrogen-bond donors (Lipinski definition) is 1. The zero-order valence-electron chi connectivity index (χ0n) is 11.7. The lowest BCUT2D eigenvalue weighted by Crippen LogP contribution is -2.27. The average Bonchev–Trinajstić information content (AvgIpc) is 2.93. The van der Waals surface area contributed by atoms with Gasteiger partial charge < -0.3 is 10.1 Å². The number of ketones is 1. The van der Waals surface area contributed by atoms with E-state index in [9.17, 15) is 4.79 Å². The minimum absolute atomic E-state index is 0. The third-order valence-corrected chi connectivity index (χ3v) is 4.25. The molecule has 1 N–H and O–H groups in total. The van der Waals surface area contributed by atoms with E-state index in [2.05, 4.69) is 5.32 Å². The van der Waals surface area contributed by atoms with Crippen LogP contribution in [0.1, 0.15) is 41.6 Å². The van der Waals surface area contributed by atoms with Gasteiger partial charge >= 0.3 is 0 Å².